The summed E-state index contributed by atoms with van der Waals surface area (Å²) >= 11 is 0. The number of anilines is 1. The highest BCUT2D eigenvalue weighted by Crippen LogP contribution is 2.31. The first-order valence-electron chi connectivity index (χ1n) is 10.6. The van der Waals surface area contributed by atoms with Crippen LogP contribution in [0.2, 0.25) is 0 Å². The van der Waals surface area contributed by atoms with Gasteiger partial charge in [-0.25, -0.2) is 0 Å². The molecule has 0 aromatic heterocycles. The molecule has 1 N–H and O–H groups in total. The standard InChI is InChI=1S/C23H41NO2/c1-5-6-7-8-9-11-16-21(23(2,25-3)26-4)17-14-15-20-24-22-18-12-10-13-19-22/h10,12-13,18-19,21,24H,5-9,11,14-17,20H2,1-4H3. The monoisotopic (exact) mass is 363 g/mol. The van der Waals surface area contributed by atoms with Crippen LogP contribution in [0.15, 0.2) is 30.3 Å². The van der Waals surface area contributed by atoms with E-state index in [2.05, 4.69) is 43.4 Å². The molecule has 0 heterocycles. The first kappa shape index (κ1) is 23.0. The molecule has 0 bridgehead atoms. The second-order valence-corrected chi connectivity index (χ2v) is 7.47. The predicted octanol–water partition coefficient (Wildman–Crippen LogP) is 6.64. The van der Waals surface area contributed by atoms with Crippen LogP contribution >= 0.6 is 0 Å². The number of ether oxygens (including phenoxy) is 2. The lowest BCUT2D eigenvalue weighted by molar-refractivity contribution is -0.230. The zero-order valence-corrected chi connectivity index (χ0v) is 17.6. The van der Waals surface area contributed by atoms with Gasteiger partial charge < -0.3 is 14.8 Å². The zero-order valence-electron chi connectivity index (χ0n) is 17.6. The quantitative estimate of drug-likeness (QED) is 0.263. The number of para-hydroxylation sites is 1. The second kappa shape index (κ2) is 14.1. The minimum absolute atomic E-state index is 0.459. The smallest absolute Gasteiger partial charge is 0.167 e. The van der Waals surface area contributed by atoms with Crippen molar-refractivity contribution in [1.29, 1.82) is 0 Å². The van der Waals surface area contributed by atoms with Gasteiger partial charge in [-0.1, -0.05) is 70.1 Å². The van der Waals surface area contributed by atoms with Gasteiger partial charge in [-0.05, 0) is 38.3 Å². The SMILES string of the molecule is CCCCCCCCC(CCCCNc1ccccc1)C(C)(OC)OC. The Balaban J connectivity index is 2.32. The van der Waals surface area contributed by atoms with Crippen molar-refractivity contribution in [3.63, 3.8) is 0 Å². The third-order valence-corrected chi connectivity index (χ3v) is 5.54. The molecule has 3 nitrogen and oxygen atoms in total. The van der Waals surface area contributed by atoms with Crippen molar-refractivity contribution >= 4 is 5.69 Å². The third-order valence-electron chi connectivity index (χ3n) is 5.54. The average molecular weight is 364 g/mol. The summed E-state index contributed by atoms with van der Waals surface area (Å²) in [5, 5.41) is 3.49. The van der Waals surface area contributed by atoms with Crippen LogP contribution in [-0.4, -0.2) is 26.6 Å². The fraction of sp³-hybridized carbons (Fsp3) is 0.739. The lowest BCUT2D eigenvalue weighted by Gasteiger charge is -2.35. The Hall–Kier alpha value is -1.06. The van der Waals surface area contributed by atoms with E-state index >= 15 is 0 Å². The summed E-state index contributed by atoms with van der Waals surface area (Å²) in [6.45, 7) is 5.38. The highest BCUT2D eigenvalue weighted by molar-refractivity contribution is 5.42. The van der Waals surface area contributed by atoms with E-state index in [9.17, 15) is 0 Å². The van der Waals surface area contributed by atoms with Crippen molar-refractivity contribution in [1.82, 2.24) is 0 Å². The molecule has 0 saturated carbocycles. The van der Waals surface area contributed by atoms with Gasteiger partial charge >= 0.3 is 0 Å². The number of hydrogen-bond donors (Lipinski definition) is 1. The molecule has 0 aliphatic carbocycles. The van der Waals surface area contributed by atoms with E-state index in [0.717, 1.165) is 13.0 Å². The summed E-state index contributed by atoms with van der Waals surface area (Å²) in [5.74, 6) is -0.00332. The van der Waals surface area contributed by atoms with Gasteiger partial charge in [-0.3, -0.25) is 0 Å². The van der Waals surface area contributed by atoms with Crippen LogP contribution in [0.1, 0.15) is 78.1 Å². The molecule has 1 rings (SSSR count). The van der Waals surface area contributed by atoms with Gasteiger partial charge in [0.1, 0.15) is 0 Å². The Bertz CT molecular complexity index is 431. The van der Waals surface area contributed by atoms with Gasteiger partial charge in [0, 0.05) is 32.4 Å². The van der Waals surface area contributed by atoms with Crippen LogP contribution in [0, 0.1) is 5.92 Å². The van der Waals surface area contributed by atoms with E-state index in [4.69, 9.17) is 9.47 Å². The van der Waals surface area contributed by atoms with Crippen molar-refractivity contribution in [2.45, 2.75) is 83.8 Å². The molecule has 3 heteroatoms. The highest BCUT2D eigenvalue weighted by atomic mass is 16.7. The molecule has 1 unspecified atom stereocenters. The number of rotatable bonds is 16. The highest BCUT2D eigenvalue weighted by Gasteiger charge is 2.33. The Morgan fingerprint density at radius 3 is 2.04 bits per heavy atom. The van der Waals surface area contributed by atoms with Crippen LogP contribution < -0.4 is 5.32 Å². The van der Waals surface area contributed by atoms with Crippen LogP contribution in [0.3, 0.4) is 0 Å². The van der Waals surface area contributed by atoms with Crippen LogP contribution in [0.4, 0.5) is 5.69 Å². The van der Waals surface area contributed by atoms with Crippen LogP contribution in [-0.2, 0) is 9.47 Å². The summed E-state index contributed by atoms with van der Waals surface area (Å²) in [6, 6.07) is 10.4. The fourth-order valence-corrected chi connectivity index (χ4v) is 3.56. The molecule has 0 spiro atoms. The number of methoxy groups -OCH3 is 2. The van der Waals surface area contributed by atoms with Gasteiger partial charge in [0.2, 0.25) is 0 Å². The van der Waals surface area contributed by atoms with Gasteiger partial charge in [-0.2, -0.15) is 0 Å². The van der Waals surface area contributed by atoms with Crippen molar-refractivity contribution in [2.24, 2.45) is 5.92 Å². The van der Waals surface area contributed by atoms with Gasteiger partial charge in [-0.15, -0.1) is 0 Å². The number of unbranched alkanes of at least 4 members (excludes halogenated alkanes) is 6. The third kappa shape index (κ3) is 9.05. The largest absolute Gasteiger partial charge is 0.385 e. The van der Waals surface area contributed by atoms with Crippen molar-refractivity contribution in [3.8, 4) is 0 Å². The minimum atomic E-state index is -0.462. The minimum Gasteiger partial charge on any atom is -0.385 e. The van der Waals surface area contributed by atoms with E-state index in [-0.39, 0.29) is 0 Å². The molecule has 0 saturated heterocycles. The van der Waals surface area contributed by atoms with E-state index in [1.807, 2.05) is 6.07 Å². The molecule has 0 aliphatic rings. The lowest BCUT2D eigenvalue weighted by Crippen LogP contribution is -2.39. The van der Waals surface area contributed by atoms with Crippen molar-refractivity contribution < 1.29 is 9.47 Å². The maximum atomic E-state index is 5.73. The maximum Gasteiger partial charge on any atom is 0.167 e. The molecule has 150 valence electrons. The van der Waals surface area contributed by atoms with E-state index in [1.165, 1.54) is 63.5 Å². The normalized spacial score (nSPS) is 12.9. The summed E-state index contributed by atoms with van der Waals surface area (Å²) < 4.78 is 11.5. The molecule has 1 aromatic rings. The first-order chi connectivity index (χ1) is 12.7. The number of benzene rings is 1. The first-order valence-corrected chi connectivity index (χ1v) is 10.6. The predicted molar refractivity (Wildman–Crippen MR) is 113 cm³/mol. The average Bonchev–Trinajstić information content (AvgIpc) is 2.69. The van der Waals surface area contributed by atoms with Crippen molar-refractivity contribution in [2.75, 3.05) is 26.1 Å². The summed E-state index contributed by atoms with van der Waals surface area (Å²) in [4.78, 5) is 0. The molecule has 1 aromatic carbocycles. The lowest BCUT2D eigenvalue weighted by atomic mass is 9.88. The molecule has 1 atom stereocenters. The number of nitrogens with one attached hydrogen (secondary N) is 1. The summed E-state index contributed by atoms with van der Waals surface area (Å²) in [7, 11) is 3.55. The van der Waals surface area contributed by atoms with Gasteiger partial charge in [0.15, 0.2) is 5.79 Å². The Kier molecular flexibility index (Phi) is 12.4. The molecule has 0 fully saturated rings. The van der Waals surface area contributed by atoms with E-state index < -0.39 is 5.79 Å². The van der Waals surface area contributed by atoms with E-state index in [0.29, 0.717) is 5.92 Å². The van der Waals surface area contributed by atoms with E-state index in [1.54, 1.807) is 14.2 Å². The Labute approximate surface area is 161 Å². The Morgan fingerprint density at radius 2 is 1.42 bits per heavy atom. The number of hydrogen-bond acceptors (Lipinski definition) is 3. The molecule has 0 aliphatic heterocycles. The van der Waals surface area contributed by atoms with Crippen molar-refractivity contribution in [3.05, 3.63) is 30.3 Å². The molecule has 0 amide bonds. The van der Waals surface area contributed by atoms with Gasteiger partial charge in [0.25, 0.3) is 0 Å². The second-order valence-electron chi connectivity index (χ2n) is 7.47. The molecule has 26 heavy (non-hydrogen) atoms. The fourth-order valence-electron chi connectivity index (χ4n) is 3.56. The van der Waals surface area contributed by atoms with Crippen LogP contribution in [0.25, 0.3) is 0 Å². The Morgan fingerprint density at radius 1 is 0.846 bits per heavy atom. The van der Waals surface area contributed by atoms with Gasteiger partial charge in [0.05, 0.1) is 0 Å². The topological polar surface area (TPSA) is 30.5 Å². The van der Waals surface area contributed by atoms with Crippen LogP contribution in [0.5, 0.6) is 0 Å². The molecular formula is C23H41NO2. The zero-order chi connectivity index (χ0) is 19.1. The summed E-state index contributed by atoms with van der Waals surface area (Å²) in [6.07, 6.45) is 12.7. The summed E-state index contributed by atoms with van der Waals surface area (Å²) in [5.41, 5.74) is 1.20. The molecular weight excluding hydrogens is 322 g/mol. The molecule has 0 radical (unpaired) electrons. The maximum absolute atomic E-state index is 5.73.